The zero-order valence-electron chi connectivity index (χ0n) is 13.0. The highest BCUT2D eigenvalue weighted by Crippen LogP contribution is 2.26. The number of phenolic OH excluding ortho intramolecular Hbond substituents is 1. The Hall–Kier alpha value is -3.03. The third-order valence-electron chi connectivity index (χ3n) is 2.74. The van der Waals surface area contributed by atoms with Crippen molar-refractivity contribution in [1.29, 1.82) is 0 Å². The van der Waals surface area contributed by atoms with Crippen molar-refractivity contribution in [3.05, 3.63) is 29.8 Å². The van der Waals surface area contributed by atoms with Crippen LogP contribution >= 0.6 is 0 Å². The van der Waals surface area contributed by atoms with Crippen LogP contribution in [0.4, 0.5) is 4.79 Å². The van der Waals surface area contributed by atoms with Crippen LogP contribution in [0.3, 0.4) is 0 Å². The van der Waals surface area contributed by atoms with Crippen molar-refractivity contribution >= 4 is 24.0 Å². The summed E-state index contributed by atoms with van der Waals surface area (Å²) < 4.78 is 9.81. The monoisotopic (exact) mass is 322 g/mol. The molecule has 0 aliphatic rings. The number of esters is 1. The molecule has 0 heterocycles. The molecule has 0 spiro atoms. The van der Waals surface area contributed by atoms with Gasteiger partial charge in [-0.3, -0.25) is 10.1 Å². The van der Waals surface area contributed by atoms with Crippen LogP contribution in [-0.4, -0.2) is 43.3 Å². The number of ether oxygens (including phenoxy) is 2. The lowest BCUT2D eigenvalue weighted by molar-refractivity contribution is -0.149. The summed E-state index contributed by atoms with van der Waals surface area (Å²) in [7, 11) is 2.76. The van der Waals surface area contributed by atoms with E-state index in [1.807, 2.05) is 5.32 Å². The van der Waals surface area contributed by atoms with Crippen molar-refractivity contribution in [3.8, 4) is 11.5 Å². The minimum absolute atomic E-state index is 0.0216. The van der Waals surface area contributed by atoms with Crippen molar-refractivity contribution < 1.29 is 29.0 Å². The summed E-state index contributed by atoms with van der Waals surface area (Å²) in [6.45, 7) is 1.34. The van der Waals surface area contributed by atoms with Crippen molar-refractivity contribution in [1.82, 2.24) is 10.6 Å². The Morgan fingerprint density at radius 2 is 2.00 bits per heavy atom. The minimum atomic E-state index is -1.13. The van der Waals surface area contributed by atoms with Gasteiger partial charge in [-0.05, 0) is 30.7 Å². The van der Waals surface area contributed by atoms with E-state index in [1.54, 1.807) is 6.07 Å². The highest BCUT2D eigenvalue weighted by atomic mass is 16.5. The van der Waals surface area contributed by atoms with E-state index >= 15 is 0 Å². The van der Waals surface area contributed by atoms with Gasteiger partial charge < -0.3 is 19.9 Å². The number of phenols is 1. The van der Waals surface area contributed by atoms with Gasteiger partial charge in [0.2, 0.25) is 0 Å². The van der Waals surface area contributed by atoms with Crippen molar-refractivity contribution in [2.75, 3.05) is 14.2 Å². The molecule has 0 aliphatic heterocycles. The first kappa shape index (κ1) is 18.0. The molecule has 23 heavy (non-hydrogen) atoms. The summed E-state index contributed by atoms with van der Waals surface area (Å²) in [5.74, 6) is -1.25. The molecule has 8 heteroatoms. The molecule has 8 nitrogen and oxygen atoms in total. The number of aromatic hydroxyl groups is 1. The van der Waals surface area contributed by atoms with Gasteiger partial charge in [-0.2, -0.15) is 0 Å². The first-order valence-corrected chi connectivity index (χ1v) is 6.65. The van der Waals surface area contributed by atoms with Gasteiger partial charge in [-0.15, -0.1) is 0 Å². The number of carbonyl (C=O) groups excluding carboxylic acids is 3. The number of carbonyl (C=O) groups is 3. The maximum Gasteiger partial charge on any atom is 0.331 e. The van der Waals surface area contributed by atoms with Gasteiger partial charge in [0, 0.05) is 13.1 Å². The fourth-order valence-electron chi connectivity index (χ4n) is 1.51. The summed E-state index contributed by atoms with van der Waals surface area (Å²) in [5.41, 5.74) is 0.596. The molecule has 0 saturated carbocycles. The fraction of sp³-hybridized carbons (Fsp3) is 0.267. The molecule has 0 fully saturated rings. The molecule has 1 aromatic carbocycles. The normalized spacial score (nSPS) is 11.6. The van der Waals surface area contributed by atoms with E-state index in [-0.39, 0.29) is 11.5 Å². The molecular weight excluding hydrogens is 304 g/mol. The van der Waals surface area contributed by atoms with Gasteiger partial charge in [0.1, 0.15) is 0 Å². The third kappa shape index (κ3) is 5.70. The van der Waals surface area contributed by atoms with E-state index in [0.29, 0.717) is 5.56 Å². The molecule has 3 amide bonds. The zero-order valence-corrected chi connectivity index (χ0v) is 13.0. The standard InChI is InChI=1S/C15H18N2O6/c1-9(14(20)17-15(21)16-2)23-13(19)7-5-10-4-6-11(18)12(8-10)22-3/h4-9,18H,1-3H3,(H2,16,17,20,21)/b7-5+/t9-/m0/s1. The summed E-state index contributed by atoms with van der Waals surface area (Å²) in [4.78, 5) is 34.1. The van der Waals surface area contributed by atoms with E-state index in [2.05, 4.69) is 5.32 Å². The SMILES string of the molecule is CNC(=O)NC(=O)[C@H](C)OC(=O)/C=C/c1ccc(O)c(OC)c1. The third-order valence-corrected chi connectivity index (χ3v) is 2.74. The lowest BCUT2D eigenvalue weighted by atomic mass is 10.2. The second-order valence-electron chi connectivity index (χ2n) is 4.41. The van der Waals surface area contributed by atoms with Gasteiger partial charge in [0.25, 0.3) is 5.91 Å². The number of methoxy groups -OCH3 is 1. The second-order valence-corrected chi connectivity index (χ2v) is 4.41. The first-order valence-electron chi connectivity index (χ1n) is 6.65. The highest BCUT2D eigenvalue weighted by molar-refractivity contribution is 5.97. The molecule has 3 N–H and O–H groups in total. The molecular formula is C15H18N2O6. The molecule has 0 bridgehead atoms. The molecule has 1 atom stereocenters. The number of amides is 3. The molecule has 0 radical (unpaired) electrons. The quantitative estimate of drug-likeness (QED) is 0.546. The van der Waals surface area contributed by atoms with Crippen molar-refractivity contribution in [3.63, 3.8) is 0 Å². The summed E-state index contributed by atoms with van der Waals surface area (Å²) in [5, 5.41) is 13.7. The fourth-order valence-corrected chi connectivity index (χ4v) is 1.51. The number of nitrogens with one attached hydrogen (secondary N) is 2. The topological polar surface area (TPSA) is 114 Å². The predicted octanol–water partition coefficient (Wildman–Crippen LogP) is 0.801. The number of hydrogen-bond acceptors (Lipinski definition) is 6. The van der Waals surface area contributed by atoms with E-state index in [0.717, 1.165) is 6.08 Å². The molecule has 124 valence electrons. The van der Waals surface area contributed by atoms with Gasteiger partial charge in [-0.25, -0.2) is 9.59 Å². The van der Waals surface area contributed by atoms with Crippen LogP contribution in [-0.2, 0) is 14.3 Å². The Bertz CT molecular complexity index is 626. The Morgan fingerprint density at radius 1 is 1.30 bits per heavy atom. The lowest BCUT2D eigenvalue weighted by Gasteiger charge is -2.11. The number of urea groups is 1. The van der Waals surface area contributed by atoms with Crippen LogP contribution in [0.25, 0.3) is 6.08 Å². The summed E-state index contributed by atoms with van der Waals surface area (Å²) >= 11 is 0. The van der Waals surface area contributed by atoms with E-state index < -0.39 is 24.0 Å². The maximum absolute atomic E-state index is 11.6. The molecule has 0 aromatic heterocycles. The minimum Gasteiger partial charge on any atom is -0.504 e. The molecule has 1 rings (SSSR count). The summed E-state index contributed by atoms with van der Waals surface area (Å²) in [6, 6.07) is 3.83. The summed E-state index contributed by atoms with van der Waals surface area (Å²) in [6.07, 6.45) is 1.43. The zero-order chi connectivity index (χ0) is 17.4. The molecule has 1 aromatic rings. The smallest absolute Gasteiger partial charge is 0.331 e. The Morgan fingerprint density at radius 3 is 2.61 bits per heavy atom. The maximum atomic E-state index is 11.6. The number of imide groups is 1. The van der Waals surface area contributed by atoms with Crippen LogP contribution < -0.4 is 15.4 Å². The predicted molar refractivity (Wildman–Crippen MR) is 81.8 cm³/mol. The molecule has 0 unspecified atom stereocenters. The van der Waals surface area contributed by atoms with E-state index in [4.69, 9.17) is 9.47 Å². The van der Waals surface area contributed by atoms with Gasteiger partial charge in [-0.1, -0.05) is 6.07 Å². The molecule has 0 saturated heterocycles. The number of hydrogen-bond donors (Lipinski definition) is 3. The van der Waals surface area contributed by atoms with Gasteiger partial charge >= 0.3 is 12.0 Å². The average Bonchev–Trinajstić information content (AvgIpc) is 2.53. The van der Waals surface area contributed by atoms with Crippen LogP contribution in [0.1, 0.15) is 12.5 Å². The Kier molecular flexibility index (Phi) is 6.60. The van der Waals surface area contributed by atoms with Crippen molar-refractivity contribution in [2.45, 2.75) is 13.0 Å². The average molecular weight is 322 g/mol. The largest absolute Gasteiger partial charge is 0.504 e. The second kappa shape index (κ2) is 8.42. The van der Waals surface area contributed by atoms with E-state index in [9.17, 15) is 19.5 Å². The van der Waals surface area contributed by atoms with Crippen LogP contribution in [0.15, 0.2) is 24.3 Å². The van der Waals surface area contributed by atoms with Gasteiger partial charge in [0.05, 0.1) is 7.11 Å². The van der Waals surface area contributed by atoms with Gasteiger partial charge in [0.15, 0.2) is 17.6 Å². The Labute approximate surface area is 133 Å². The van der Waals surface area contributed by atoms with Crippen LogP contribution in [0, 0.1) is 0 Å². The number of benzene rings is 1. The molecule has 0 aliphatic carbocycles. The lowest BCUT2D eigenvalue weighted by Crippen LogP contribution is -2.43. The first-order chi connectivity index (χ1) is 10.9. The van der Waals surface area contributed by atoms with Crippen LogP contribution in [0.2, 0.25) is 0 Å². The number of rotatable bonds is 5. The van der Waals surface area contributed by atoms with Crippen LogP contribution in [0.5, 0.6) is 11.5 Å². The van der Waals surface area contributed by atoms with Crippen molar-refractivity contribution in [2.24, 2.45) is 0 Å². The Balaban J connectivity index is 2.62. The van der Waals surface area contributed by atoms with E-state index in [1.165, 1.54) is 39.3 Å². The highest BCUT2D eigenvalue weighted by Gasteiger charge is 2.18.